The van der Waals surface area contributed by atoms with Crippen molar-refractivity contribution in [3.8, 4) is 22.9 Å². The molecule has 1 aromatic carbocycles. The average Bonchev–Trinajstić information content (AvgIpc) is 3.57. The van der Waals surface area contributed by atoms with Gasteiger partial charge in [0.1, 0.15) is 52.9 Å². The van der Waals surface area contributed by atoms with Crippen LogP contribution in [-0.2, 0) is 23.7 Å². The van der Waals surface area contributed by atoms with E-state index in [1.165, 1.54) is 41.3 Å². The van der Waals surface area contributed by atoms with E-state index >= 15 is 0 Å². The highest BCUT2D eigenvalue weighted by Gasteiger charge is 2.66. The molecule has 3 heterocycles. The van der Waals surface area contributed by atoms with Crippen molar-refractivity contribution < 1.29 is 42.8 Å². The number of ether oxygens (including phenoxy) is 3. The summed E-state index contributed by atoms with van der Waals surface area (Å²) in [5.74, 6) is -1.37. The van der Waals surface area contributed by atoms with E-state index in [0.717, 1.165) is 30.8 Å². The number of pyridine rings is 1. The smallest absolute Gasteiger partial charge is 0.408 e. The Labute approximate surface area is 355 Å². The largest absolute Gasteiger partial charge is 0.497 e. The fourth-order valence-corrected chi connectivity index (χ4v) is 11.0. The molecule has 16 nitrogen and oxygen atoms in total. The van der Waals surface area contributed by atoms with Crippen molar-refractivity contribution in [2.45, 2.75) is 109 Å². The minimum Gasteiger partial charge on any atom is -0.497 e. The molecule has 0 spiro atoms. The minimum absolute atomic E-state index is 0.00336. The van der Waals surface area contributed by atoms with Gasteiger partial charge in [0.05, 0.1) is 24.9 Å². The van der Waals surface area contributed by atoms with Crippen LogP contribution in [0.15, 0.2) is 42.3 Å². The first-order valence-electron chi connectivity index (χ1n) is 20.4. The molecule has 6 atom stereocenters. The molecule has 60 heavy (non-hydrogen) atoms. The number of benzene rings is 1. The van der Waals surface area contributed by atoms with Crippen molar-refractivity contribution in [1.82, 2.24) is 30.4 Å². The predicted molar refractivity (Wildman–Crippen MR) is 230 cm³/mol. The molecule has 326 valence electrons. The zero-order chi connectivity index (χ0) is 43.7. The minimum atomic E-state index is -4.36. The number of likely N-dealkylation sites (tertiary alicyclic amines) is 1. The van der Waals surface area contributed by atoms with Gasteiger partial charge in [-0.3, -0.25) is 18.9 Å². The van der Waals surface area contributed by atoms with Crippen LogP contribution in [-0.4, -0.2) is 118 Å². The topological polar surface area (TPSA) is 202 Å². The predicted octanol–water partition coefficient (Wildman–Crippen LogP) is 6.00. The zero-order valence-corrected chi connectivity index (χ0v) is 37.4. The van der Waals surface area contributed by atoms with E-state index < -0.39 is 72.1 Å². The highest BCUT2D eigenvalue weighted by Crippen LogP contribution is 2.69. The highest BCUT2D eigenvalue weighted by atomic mass is 32.1. The number of aromatic nitrogens is 2. The van der Waals surface area contributed by atoms with Gasteiger partial charge in [0.25, 0.3) is 0 Å². The van der Waals surface area contributed by atoms with E-state index in [1.54, 1.807) is 25.3 Å². The second-order valence-electron chi connectivity index (χ2n) is 17.6. The molecule has 1 unspecified atom stereocenters. The number of carbonyl (C=O) groups is 4. The zero-order valence-electron chi connectivity index (χ0n) is 35.6. The number of thiazole rings is 1. The van der Waals surface area contributed by atoms with Crippen LogP contribution in [0, 0.1) is 11.3 Å². The van der Waals surface area contributed by atoms with Crippen molar-refractivity contribution in [3.63, 3.8) is 0 Å². The Balaban J connectivity index is 1.35. The van der Waals surface area contributed by atoms with Crippen LogP contribution in [0.3, 0.4) is 0 Å². The number of carbonyl (C=O) groups excluding carboxylic acids is 4. The molecule has 0 radical (unpaired) electrons. The van der Waals surface area contributed by atoms with E-state index in [1.807, 2.05) is 46.1 Å². The van der Waals surface area contributed by atoms with Gasteiger partial charge in [-0.1, -0.05) is 26.8 Å². The van der Waals surface area contributed by atoms with Crippen molar-refractivity contribution in [1.29, 1.82) is 0 Å². The van der Waals surface area contributed by atoms with E-state index in [-0.39, 0.29) is 31.5 Å². The summed E-state index contributed by atoms with van der Waals surface area (Å²) in [6.07, 6.45) is 2.57. The summed E-state index contributed by atoms with van der Waals surface area (Å²) in [4.78, 5) is 79.0. The number of amides is 4. The normalized spacial score (nSPS) is 23.1. The fraction of sp³-hybridized carbons (Fsp3) is 0.571. The lowest BCUT2D eigenvalue weighted by Crippen LogP contribution is -2.58. The number of rotatable bonds is 15. The molecule has 4 N–H and O–H groups in total. The second-order valence-corrected chi connectivity index (χ2v) is 20.9. The summed E-state index contributed by atoms with van der Waals surface area (Å²) >= 11 is 1.45. The molecular formula is C42H58N7O9PS. The standard InChI is InChI=1S/C42H58N7O9PS/c1-10-25-20-42(25,59(54,55)22-35(50)48(7)8)47-37(51)33-18-28(21-49(33)38(52)36(41(4,5)6)46-40(53)58-26-13-11-12-14-26)57-34-19-31(32-23-60-39(45-32)43-24(2)3)44-30-17-27(56-9)15-16-29(30)34/h10,15-17,19,23-26,28,33,36H,1,11-14,18,20-22H2,2-9H3,(H,43,45)(H,46,53)(H,47,51)(H,54,55)/t25-,28-,33+,36-,42+/m1/s1. The Bertz CT molecular complexity index is 2170. The summed E-state index contributed by atoms with van der Waals surface area (Å²) in [5.41, 5.74) is 0.906. The number of nitrogens with one attached hydrogen (secondary N) is 3. The molecule has 3 aliphatic rings. The van der Waals surface area contributed by atoms with Gasteiger partial charge in [0, 0.05) is 55.4 Å². The maximum Gasteiger partial charge on any atom is 0.408 e. The van der Waals surface area contributed by atoms with E-state index in [0.29, 0.717) is 33.8 Å². The molecule has 1 aliphatic heterocycles. The van der Waals surface area contributed by atoms with Gasteiger partial charge in [0.15, 0.2) is 5.13 Å². The molecule has 3 fully saturated rings. The highest BCUT2D eigenvalue weighted by molar-refractivity contribution is 7.61. The number of hydrogen-bond donors (Lipinski definition) is 4. The van der Waals surface area contributed by atoms with Crippen molar-refractivity contribution in [3.05, 3.63) is 42.3 Å². The number of nitrogens with zero attached hydrogens (tertiary/aromatic N) is 4. The molecule has 6 rings (SSSR count). The average molecular weight is 868 g/mol. The van der Waals surface area contributed by atoms with Crippen LogP contribution < -0.4 is 25.4 Å². The van der Waals surface area contributed by atoms with Gasteiger partial charge < -0.3 is 44.9 Å². The summed E-state index contributed by atoms with van der Waals surface area (Å²) < 4.78 is 31.9. The maximum absolute atomic E-state index is 14.8. The Morgan fingerprint density at radius 3 is 2.45 bits per heavy atom. The molecular weight excluding hydrogens is 810 g/mol. The van der Waals surface area contributed by atoms with Gasteiger partial charge in [-0.2, -0.15) is 0 Å². The van der Waals surface area contributed by atoms with Gasteiger partial charge in [-0.25, -0.2) is 14.8 Å². The second kappa shape index (κ2) is 17.7. The van der Waals surface area contributed by atoms with Gasteiger partial charge in [0.2, 0.25) is 25.1 Å². The number of anilines is 1. The van der Waals surface area contributed by atoms with Gasteiger partial charge in [-0.05, 0) is 63.5 Å². The molecule has 2 saturated carbocycles. The van der Waals surface area contributed by atoms with E-state index in [9.17, 15) is 28.6 Å². The number of hydrogen-bond acceptors (Lipinski definition) is 12. The van der Waals surface area contributed by atoms with Gasteiger partial charge >= 0.3 is 6.09 Å². The monoisotopic (exact) mass is 867 g/mol. The Kier molecular flexibility index (Phi) is 13.2. The first-order chi connectivity index (χ1) is 28.2. The summed E-state index contributed by atoms with van der Waals surface area (Å²) in [6.45, 7) is 13.2. The fourth-order valence-electron chi connectivity index (χ4n) is 7.87. The third-order valence-corrected chi connectivity index (χ3v) is 14.7. The van der Waals surface area contributed by atoms with Gasteiger partial charge in [-0.15, -0.1) is 17.9 Å². The van der Waals surface area contributed by atoms with Crippen molar-refractivity contribution in [2.75, 3.05) is 39.2 Å². The van der Waals surface area contributed by atoms with E-state index in [4.69, 9.17) is 24.2 Å². The quantitative estimate of drug-likeness (QED) is 0.103. The van der Waals surface area contributed by atoms with Crippen molar-refractivity contribution >= 4 is 58.6 Å². The Morgan fingerprint density at radius 1 is 1.12 bits per heavy atom. The van der Waals surface area contributed by atoms with Crippen LogP contribution in [0.2, 0.25) is 0 Å². The van der Waals surface area contributed by atoms with Crippen LogP contribution in [0.5, 0.6) is 11.5 Å². The van der Waals surface area contributed by atoms with Crippen molar-refractivity contribution in [2.24, 2.45) is 11.3 Å². The van der Waals surface area contributed by atoms with E-state index in [2.05, 4.69) is 22.5 Å². The first-order valence-corrected chi connectivity index (χ1v) is 23.1. The van der Waals surface area contributed by atoms with Crippen LogP contribution in [0.25, 0.3) is 22.3 Å². The summed E-state index contributed by atoms with van der Waals surface area (Å²) in [5, 5.41) is 10.6. The van der Waals surface area contributed by atoms with Crippen LogP contribution in [0.1, 0.15) is 73.1 Å². The number of alkyl carbamates (subject to hydrolysis) is 1. The lowest BCUT2D eigenvalue weighted by molar-refractivity contribution is -0.142. The lowest BCUT2D eigenvalue weighted by atomic mass is 9.85. The van der Waals surface area contributed by atoms with Crippen LogP contribution >= 0.6 is 18.7 Å². The summed E-state index contributed by atoms with van der Waals surface area (Å²) in [7, 11) is 0.179. The molecule has 4 amide bonds. The molecule has 2 aliphatic carbocycles. The molecule has 1 saturated heterocycles. The maximum atomic E-state index is 14.8. The molecule has 18 heteroatoms. The lowest BCUT2D eigenvalue weighted by Gasteiger charge is -2.36. The number of fused-ring (bicyclic) bond motifs is 1. The first kappa shape index (κ1) is 44.8. The molecule has 3 aromatic rings. The molecule has 2 aromatic heterocycles. The number of methoxy groups -OCH3 is 1. The third kappa shape index (κ3) is 9.74. The SMILES string of the molecule is C=C[C@@H]1C[C@]1(NC(=O)[C@@H]1C[C@@H](Oc2cc(-c3csc(NC(C)C)n3)nc3cc(OC)ccc23)CN1C(=O)[C@@H](NC(=O)OC1CCCC1)C(C)(C)C)P(=O)(O)CC(=O)N(C)C. The van der Waals surface area contributed by atoms with Crippen LogP contribution in [0.4, 0.5) is 9.93 Å². The Hall–Kier alpha value is -4.73. The third-order valence-electron chi connectivity index (χ3n) is 11.3. The Morgan fingerprint density at radius 2 is 1.83 bits per heavy atom. The molecule has 0 bridgehead atoms. The summed E-state index contributed by atoms with van der Waals surface area (Å²) in [6, 6.07) is 5.04.